The monoisotopic (exact) mass is 367 g/mol. The number of pyridine rings is 1. The maximum Gasteiger partial charge on any atom is 0.225 e. The highest BCUT2D eigenvalue weighted by Crippen LogP contribution is 2.24. The number of hydrogen-bond donors (Lipinski definition) is 3. The van der Waals surface area contributed by atoms with Gasteiger partial charge in [0.05, 0.1) is 18.3 Å². The number of nitrogens with zero attached hydrogens (tertiary/aromatic N) is 3. The van der Waals surface area contributed by atoms with Crippen molar-refractivity contribution in [1.82, 2.24) is 15.0 Å². The first-order valence-electron chi connectivity index (χ1n) is 8.74. The van der Waals surface area contributed by atoms with Crippen molar-refractivity contribution in [2.45, 2.75) is 19.9 Å². The van der Waals surface area contributed by atoms with E-state index in [9.17, 15) is 9.50 Å². The number of rotatable bonds is 7. The number of aromatic nitrogens is 3. The molecule has 0 aliphatic carbocycles. The van der Waals surface area contributed by atoms with Gasteiger partial charge in [0.1, 0.15) is 11.6 Å². The second-order valence-corrected chi connectivity index (χ2v) is 6.52. The first-order valence-corrected chi connectivity index (χ1v) is 8.74. The highest BCUT2D eigenvalue weighted by Gasteiger charge is 2.15. The van der Waals surface area contributed by atoms with Crippen LogP contribution in [0.15, 0.2) is 54.9 Å². The summed E-state index contributed by atoms with van der Waals surface area (Å²) in [6.45, 7) is 3.97. The zero-order valence-corrected chi connectivity index (χ0v) is 15.2. The SMILES string of the molecule is CC(C)[C@@H](CO)Nc1nc(Nc2cccc(F)c2)cc(-c2cccnc2)n1. The second kappa shape index (κ2) is 8.55. The molecule has 0 radical (unpaired) electrons. The molecule has 3 N–H and O–H groups in total. The molecule has 1 atom stereocenters. The van der Waals surface area contributed by atoms with Gasteiger partial charge in [-0.25, -0.2) is 9.37 Å². The largest absolute Gasteiger partial charge is 0.394 e. The number of aliphatic hydroxyl groups is 1. The Bertz CT molecular complexity index is 889. The van der Waals surface area contributed by atoms with Gasteiger partial charge in [-0.2, -0.15) is 4.98 Å². The van der Waals surface area contributed by atoms with Crippen molar-refractivity contribution in [1.29, 1.82) is 0 Å². The van der Waals surface area contributed by atoms with Gasteiger partial charge in [0.15, 0.2) is 0 Å². The molecule has 0 saturated carbocycles. The maximum atomic E-state index is 13.5. The molecule has 0 spiro atoms. The molecule has 27 heavy (non-hydrogen) atoms. The van der Waals surface area contributed by atoms with E-state index >= 15 is 0 Å². The van der Waals surface area contributed by atoms with Crippen LogP contribution in [0.4, 0.5) is 21.8 Å². The van der Waals surface area contributed by atoms with Crippen molar-refractivity contribution in [2.75, 3.05) is 17.2 Å². The molecule has 3 aromatic rings. The highest BCUT2D eigenvalue weighted by molar-refractivity contribution is 5.66. The van der Waals surface area contributed by atoms with E-state index in [1.165, 1.54) is 12.1 Å². The summed E-state index contributed by atoms with van der Waals surface area (Å²) in [5, 5.41) is 15.9. The van der Waals surface area contributed by atoms with Crippen molar-refractivity contribution in [3.05, 3.63) is 60.7 Å². The third-order valence-electron chi connectivity index (χ3n) is 4.10. The summed E-state index contributed by atoms with van der Waals surface area (Å²) < 4.78 is 13.5. The van der Waals surface area contributed by atoms with Crippen LogP contribution in [-0.4, -0.2) is 32.7 Å². The van der Waals surface area contributed by atoms with Gasteiger partial charge in [-0.05, 0) is 36.2 Å². The fourth-order valence-electron chi connectivity index (χ4n) is 2.54. The van der Waals surface area contributed by atoms with Crippen LogP contribution in [0.25, 0.3) is 11.3 Å². The molecule has 1 aromatic carbocycles. The molecule has 2 aromatic heterocycles. The van der Waals surface area contributed by atoms with Crippen LogP contribution in [-0.2, 0) is 0 Å². The minimum atomic E-state index is -0.333. The summed E-state index contributed by atoms with van der Waals surface area (Å²) in [4.78, 5) is 13.1. The summed E-state index contributed by atoms with van der Waals surface area (Å²) >= 11 is 0. The van der Waals surface area contributed by atoms with Gasteiger partial charge in [-0.3, -0.25) is 4.98 Å². The number of benzene rings is 1. The van der Waals surface area contributed by atoms with Gasteiger partial charge in [0.2, 0.25) is 5.95 Å². The van der Waals surface area contributed by atoms with Crippen molar-refractivity contribution in [2.24, 2.45) is 5.92 Å². The lowest BCUT2D eigenvalue weighted by molar-refractivity contribution is 0.248. The van der Waals surface area contributed by atoms with Crippen LogP contribution in [0, 0.1) is 11.7 Å². The minimum absolute atomic E-state index is 0.0369. The molecule has 0 bridgehead atoms. The first-order chi connectivity index (χ1) is 13.0. The van der Waals surface area contributed by atoms with Crippen molar-refractivity contribution in [3.8, 4) is 11.3 Å². The summed E-state index contributed by atoms with van der Waals surface area (Å²) in [5.74, 6) is 0.751. The van der Waals surface area contributed by atoms with Gasteiger partial charge in [0.25, 0.3) is 0 Å². The lowest BCUT2D eigenvalue weighted by Crippen LogP contribution is -2.30. The van der Waals surface area contributed by atoms with E-state index in [0.29, 0.717) is 23.1 Å². The predicted molar refractivity (Wildman–Crippen MR) is 104 cm³/mol. The van der Waals surface area contributed by atoms with Crippen LogP contribution < -0.4 is 10.6 Å². The Labute approximate surface area is 157 Å². The minimum Gasteiger partial charge on any atom is -0.394 e. The van der Waals surface area contributed by atoms with Crippen LogP contribution in [0.3, 0.4) is 0 Å². The van der Waals surface area contributed by atoms with Crippen LogP contribution >= 0.6 is 0 Å². The number of hydrogen-bond acceptors (Lipinski definition) is 6. The quantitative estimate of drug-likeness (QED) is 0.588. The van der Waals surface area contributed by atoms with Crippen LogP contribution in [0.1, 0.15) is 13.8 Å². The highest BCUT2D eigenvalue weighted by atomic mass is 19.1. The summed E-state index contributed by atoms with van der Waals surface area (Å²) in [6, 6.07) is 11.5. The zero-order chi connectivity index (χ0) is 19.2. The molecule has 140 valence electrons. The van der Waals surface area contributed by atoms with Crippen LogP contribution in [0.2, 0.25) is 0 Å². The summed E-state index contributed by atoms with van der Waals surface area (Å²) in [6.07, 6.45) is 3.40. The smallest absolute Gasteiger partial charge is 0.225 e. The molecule has 3 rings (SSSR count). The Kier molecular flexibility index (Phi) is 5.93. The molecule has 0 aliphatic heterocycles. The zero-order valence-electron chi connectivity index (χ0n) is 15.2. The molecule has 0 aliphatic rings. The molecule has 2 heterocycles. The van der Waals surface area contributed by atoms with E-state index in [1.807, 2.05) is 26.0 Å². The molecule has 0 saturated heterocycles. The molecule has 0 unspecified atom stereocenters. The Hall–Kier alpha value is -3.06. The van der Waals surface area contributed by atoms with Crippen molar-refractivity contribution < 1.29 is 9.50 Å². The summed E-state index contributed by atoms with van der Waals surface area (Å²) in [5.41, 5.74) is 2.08. The fraction of sp³-hybridized carbons (Fsp3) is 0.250. The Morgan fingerprint density at radius 3 is 2.63 bits per heavy atom. The third kappa shape index (κ3) is 4.98. The molecular weight excluding hydrogens is 345 g/mol. The Balaban J connectivity index is 1.97. The maximum absolute atomic E-state index is 13.5. The average Bonchev–Trinajstić information content (AvgIpc) is 2.66. The number of halogens is 1. The van der Waals surface area contributed by atoms with E-state index in [4.69, 9.17) is 0 Å². The van der Waals surface area contributed by atoms with E-state index in [1.54, 1.807) is 30.6 Å². The van der Waals surface area contributed by atoms with E-state index in [-0.39, 0.29) is 24.4 Å². The normalized spacial score (nSPS) is 12.0. The number of anilines is 3. The molecule has 0 amide bonds. The van der Waals surface area contributed by atoms with E-state index in [0.717, 1.165) is 5.56 Å². The molecular formula is C20H22FN5O. The lowest BCUT2D eigenvalue weighted by Gasteiger charge is -2.20. The van der Waals surface area contributed by atoms with Gasteiger partial charge in [0, 0.05) is 29.7 Å². The predicted octanol–water partition coefficient (Wildman–Crippen LogP) is 3.85. The number of nitrogens with one attached hydrogen (secondary N) is 2. The van der Waals surface area contributed by atoms with Crippen molar-refractivity contribution >= 4 is 17.5 Å². The van der Waals surface area contributed by atoms with Gasteiger partial charge in [-0.15, -0.1) is 0 Å². The molecule has 7 heteroatoms. The average molecular weight is 367 g/mol. The Morgan fingerprint density at radius 2 is 1.96 bits per heavy atom. The topological polar surface area (TPSA) is 83.0 Å². The third-order valence-corrected chi connectivity index (χ3v) is 4.10. The van der Waals surface area contributed by atoms with Gasteiger partial charge < -0.3 is 15.7 Å². The second-order valence-electron chi connectivity index (χ2n) is 6.52. The van der Waals surface area contributed by atoms with Gasteiger partial charge in [-0.1, -0.05) is 19.9 Å². The fourth-order valence-corrected chi connectivity index (χ4v) is 2.54. The summed E-state index contributed by atoms with van der Waals surface area (Å²) in [7, 11) is 0. The van der Waals surface area contributed by atoms with Crippen molar-refractivity contribution in [3.63, 3.8) is 0 Å². The Morgan fingerprint density at radius 1 is 1.11 bits per heavy atom. The first kappa shape index (κ1) is 18.7. The lowest BCUT2D eigenvalue weighted by atomic mass is 10.1. The van der Waals surface area contributed by atoms with E-state index < -0.39 is 0 Å². The van der Waals surface area contributed by atoms with Crippen LogP contribution in [0.5, 0.6) is 0 Å². The van der Waals surface area contributed by atoms with Gasteiger partial charge >= 0.3 is 0 Å². The number of aliphatic hydroxyl groups excluding tert-OH is 1. The molecule has 6 nitrogen and oxygen atoms in total. The van der Waals surface area contributed by atoms with E-state index in [2.05, 4.69) is 25.6 Å². The standard InChI is InChI=1S/C20H22FN5O/c1-13(2)18(12-27)25-20-24-17(14-5-4-8-22-11-14)10-19(26-20)23-16-7-3-6-15(21)9-16/h3-11,13,18,27H,12H2,1-2H3,(H2,23,24,25,26)/t18-/m1/s1. The molecule has 0 fully saturated rings.